The van der Waals surface area contributed by atoms with Gasteiger partial charge in [-0.05, 0) is 42.8 Å². The van der Waals surface area contributed by atoms with Crippen molar-refractivity contribution < 1.29 is 27.4 Å². The Hall–Kier alpha value is -3.82. The fourth-order valence-electron chi connectivity index (χ4n) is 3.13. The van der Waals surface area contributed by atoms with Gasteiger partial charge in [-0.25, -0.2) is 4.68 Å². The topological polar surface area (TPSA) is 82.5 Å². The zero-order chi connectivity index (χ0) is 24.0. The van der Waals surface area contributed by atoms with Crippen LogP contribution in [0.15, 0.2) is 59.4 Å². The molecule has 3 rings (SSSR count). The molecule has 7 nitrogen and oxygen atoms in total. The quantitative estimate of drug-likeness (QED) is 0.539. The Bertz CT molecular complexity index is 1190. The van der Waals surface area contributed by atoms with E-state index in [-0.39, 0.29) is 36.4 Å². The summed E-state index contributed by atoms with van der Waals surface area (Å²) in [6.07, 6.45) is -4.33. The Labute approximate surface area is 187 Å². The summed E-state index contributed by atoms with van der Waals surface area (Å²) >= 11 is 0. The molecule has 1 aromatic heterocycles. The normalized spacial score (nSPS) is 11.2. The second kappa shape index (κ2) is 10.2. The maximum absolute atomic E-state index is 13.0. The smallest absolute Gasteiger partial charge is 0.416 e. The van der Waals surface area contributed by atoms with Gasteiger partial charge in [0.15, 0.2) is 0 Å². The third-order valence-corrected chi connectivity index (χ3v) is 4.81. The van der Waals surface area contributed by atoms with E-state index in [0.717, 1.165) is 23.8 Å². The van der Waals surface area contributed by atoms with Gasteiger partial charge in [-0.3, -0.25) is 9.59 Å². The Morgan fingerprint density at radius 1 is 1.06 bits per heavy atom. The van der Waals surface area contributed by atoms with E-state index in [1.54, 1.807) is 31.4 Å². The van der Waals surface area contributed by atoms with E-state index in [4.69, 9.17) is 9.47 Å². The molecular formula is C23H22F3N3O4. The predicted molar refractivity (Wildman–Crippen MR) is 116 cm³/mol. The number of nitrogens with one attached hydrogen (secondary N) is 1. The Morgan fingerprint density at radius 3 is 2.55 bits per heavy atom. The maximum Gasteiger partial charge on any atom is 0.416 e. The zero-order valence-electron chi connectivity index (χ0n) is 18.0. The number of aryl methyl sites for hydroxylation is 1. The van der Waals surface area contributed by atoms with Gasteiger partial charge in [0.25, 0.3) is 5.56 Å². The number of rotatable bonds is 8. The summed E-state index contributed by atoms with van der Waals surface area (Å²) < 4.78 is 50.4. The molecule has 1 heterocycles. The first-order chi connectivity index (χ1) is 15.7. The first-order valence-electron chi connectivity index (χ1n) is 9.99. The minimum Gasteiger partial charge on any atom is -0.497 e. The zero-order valence-corrected chi connectivity index (χ0v) is 18.0. The average molecular weight is 461 g/mol. The summed E-state index contributed by atoms with van der Waals surface area (Å²) in [6.45, 7) is 0.157. The van der Waals surface area contributed by atoms with Gasteiger partial charge in [-0.15, -0.1) is 0 Å². The highest BCUT2D eigenvalue weighted by molar-refractivity contribution is 5.92. The summed E-state index contributed by atoms with van der Waals surface area (Å²) in [6, 6.07) is 13.0. The lowest BCUT2D eigenvalue weighted by atomic mass is 10.1. The number of anilines is 1. The molecule has 2 aromatic carbocycles. The van der Waals surface area contributed by atoms with Crippen LogP contribution in [0.3, 0.4) is 0 Å². The molecule has 174 valence electrons. The van der Waals surface area contributed by atoms with Crippen LogP contribution >= 0.6 is 0 Å². The van der Waals surface area contributed by atoms with Crippen molar-refractivity contribution in [3.05, 3.63) is 70.5 Å². The molecule has 0 aliphatic carbocycles. The lowest BCUT2D eigenvalue weighted by molar-refractivity contribution is -0.137. The van der Waals surface area contributed by atoms with Crippen molar-refractivity contribution in [1.29, 1.82) is 0 Å². The number of hydrogen-bond donors (Lipinski definition) is 1. The average Bonchev–Trinajstić information content (AvgIpc) is 2.79. The summed E-state index contributed by atoms with van der Waals surface area (Å²) in [5.41, 5.74) is 0.0158. The van der Waals surface area contributed by atoms with Crippen LogP contribution in [0.25, 0.3) is 11.3 Å². The lowest BCUT2D eigenvalue weighted by Crippen LogP contribution is -2.23. The predicted octanol–water partition coefficient (Wildman–Crippen LogP) is 4.37. The Balaban J connectivity index is 1.66. The molecule has 10 heteroatoms. The largest absolute Gasteiger partial charge is 0.497 e. The highest BCUT2D eigenvalue weighted by Gasteiger charge is 2.31. The summed E-state index contributed by atoms with van der Waals surface area (Å²) in [7, 11) is 2.85. The lowest BCUT2D eigenvalue weighted by Gasteiger charge is -2.14. The molecule has 0 saturated carbocycles. The van der Waals surface area contributed by atoms with E-state index in [2.05, 4.69) is 10.4 Å². The van der Waals surface area contributed by atoms with E-state index in [1.807, 2.05) is 6.07 Å². The number of hydrogen-bond acceptors (Lipinski definition) is 5. The van der Waals surface area contributed by atoms with Gasteiger partial charge in [-0.2, -0.15) is 18.3 Å². The van der Waals surface area contributed by atoms with Crippen molar-refractivity contribution in [2.24, 2.45) is 0 Å². The van der Waals surface area contributed by atoms with Crippen LogP contribution in [0.4, 0.5) is 18.9 Å². The third kappa shape index (κ3) is 6.12. The van der Waals surface area contributed by atoms with Crippen molar-refractivity contribution in [3.8, 4) is 22.8 Å². The molecule has 0 bridgehead atoms. The monoisotopic (exact) mass is 461 g/mol. The van der Waals surface area contributed by atoms with Crippen molar-refractivity contribution in [2.75, 3.05) is 19.5 Å². The van der Waals surface area contributed by atoms with Crippen molar-refractivity contribution in [1.82, 2.24) is 9.78 Å². The van der Waals surface area contributed by atoms with E-state index in [1.165, 1.54) is 17.9 Å². The van der Waals surface area contributed by atoms with Crippen LogP contribution < -0.4 is 20.3 Å². The number of carbonyl (C=O) groups is 1. The van der Waals surface area contributed by atoms with Crippen LogP contribution in [0, 0.1) is 0 Å². The Kier molecular flexibility index (Phi) is 7.37. The van der Waals surface area contributed by atoms with Gasteiger partial charge in [0.05, 0.1) is 31.2 Å². The molecule has 0 aliphatic heterocycles. The number of methoxy groups -OCH3 is 2. The van der Waals surface area contributed by atoms with E-state index >= 15 is 0 Å². The van der Waals surface area contributed by atoms with E-state index in [9.17, 15) is 22.8 Å². The molecular weight excluding hydrogens is 439 g/mol. The highest BCUT2D eigenvalue weighted by atomic mass is 19.4. The van der Waals surface area contributed by atoms with E-state index < -0.39 is 17.6 Å². The van der Waals surface area contributed by atoms with Gasteiger partial charge < -0.3 is 14.8 Å². The molecule has 0 saturated heterocycles. The Morgan fingerprint density at radius 2 is 1.85 bits per heavy atom. The number of amides is 1. The first kappa shape index (κ1) is 23.8. The van der Waals surface area contributed by atoms with Crippen molar-refractivity contribution in [3.63, 3.8) is 0 Å². The van der Waals surface area contributed by atoms with Crippen LogP contribution in [-0.2, 0) is 17.5 Å². The molecule has 33 heavy (non-hydrogen) atoms. The molecule has 0 atom stereocenters. The minimum absolute atomic E-state index is 0.0308. The highest BCUT2D eigenvalue weighted by Crippen LogP contribution is 2.35. The third-order valence-electron chi connectivity index (χ3n) is 4.81. The van der Waals surface area contributed by atoms with Gasteiger partial charge in [0.2, 0.25) is 5.91 Å². The van der Waals surface area contributed by atoms with Crippen LogP contribution in [0.1, 0.15) is 18.4 Å². The number of ether oxygens (including phenoxy) is 2. The number of halogens is 3. The fraction of sp³-hybridized carbons (Fsp3) is 0.261. The second-order valence-electron chi connectivity index (χ2n) is 7.08. The molecule has 0 unspecified atom stereocenters. The number of carbonyl (C=O) groups excluding carboxylic acids is 1. The summed E-state index contributed by atoms with van der Waals surface area (Å²) in [5, 5.41) is 6.78. The fourth-order valence-corrected chi connectivity index (χ4v) is 3.13. The summed E-state index contributed by atoms with van der Waals surface area (Å²) in [5.74, 6) is 0.249. The molecule has 0 aliphatic rings. The van der Waals surface area contributed by atoms with Gasteiger partial charge in [-0.1, -0.05) is 12.1 Å². The molecule has 3 aromatic rings. The number of benzene rings is 2. The first-order valence-corrected chi connectivity index (χ1v) is 9.99. The molecule has 0 fully saturated rings. The SMILES string of the molecule is COc1cccc(-c2ccc(=O)n(CCCC(=O)Nc3cc(C(F)(F)F)ccc3OC)n2)c1. The molecule has 1 amide bonds. The summed E-state index contributed by atoms with van der Waals surface area (Å²) in [4.78, 5) is 24.5. The number of nitrogens with zero attached hydrogens (tertiary/aromatic N) is 2. The van der Waals surface area contributed by atoms with Gasteiger partial charge in [0.1, 0.15) is 11.5 Å². The number of alkyl halides is 3. The minimum atomic E-state index is -4.55. The van der Waals surface area contributed by atoms with Gasteiger partial charge >= 0.3 is 6.18 Å². The molecule has 1 N–H and O–H groups in total. The van der Waals surface area contributed by atoms with E-state index in [0.29, 0.717) is 11.4 Å². The number of aromatic nitrogens is 2. The van der Waals surface area contributed by atoms with Crippen molar-refractivity contribution >= 4 is 11.6 Å². The standard InChI is InChI=1S/C23H22F3N3O4/c1-32-17-6-3-5-15(13-17)18-9-11-22(31)29(28-18)12-4-7-21(30)27-19-14-16(23(24,25)26)8-10-20(19)33-2/h3,5-6,8-11,13-14H,4,7,12H2,1-2H3,(H,27,30). The molecule has 0 radical (unpaired) electrons. The van der Waals surface area contributed by atoms with Crippen LogP contribution in [0.5, 0.6) is 11.5 Å². The van der Waals surface area contributed by atoms with Crippen molar-refractivity contribution in [2.45, 2.75) is 25.6 Å². The van der Waals surface area contributed by atoms with Crippen LogP contribution in [-0.4, -0.2) is 29.9 Å². The second-order valence-corrected chi connectivity index (χ2v) is 7.08. The van der Waals surface area contributed by atoms with Crippen LogP contribution in [0.2, 0.25) is 0 Å². The maximum atomic E-state index is 13.0. The molecule has 0 spiro atoms. The van der Waals surface area contributed by atoms with Gasteiger partial charge in [0, 0.05) is 24.6 Å².